The molecular formula is C15H19N3O4S. The molecule has 0 spiro atoms. The number of nitrogens with one attached hydrogen (secondary N) is 2. The smallest absolute Gasteiger partial charge is 0.340 e. The molecule has 0 aromatic carbocycles. The van der Waals surface area contributed by atoms with Gasteiger partial charge >= 0.3 is 5.97 Å². The van der Waals surface area contributed by atoms with Gasteiger partial charge in [-0.25, -0.2) is 4.79 Å². The van der Waals surface area contributed by atoms with Crippen LogP contribution in [0.4, 0.5) is 5.00 Å². The molecule has 3 heterocycles. The molecule has 23 heavy (non-hydrogen) atoms. The van der Waals surface area contributed by atoms with Crippen LogP contribution >= 0.6 is 11.3 Å². The predicted octanol–water partition coefficient (Wildman–Crippen LogP) is 0.366. The molecule has 0 bridgehead atoms. The van der Waals surface area contributed by atoms with E-state index < -0.39 is 12.0 Å². The average molecular weight is 337 g/mol. The fraction of sp³-hybridized carbons (Fsp3) is 0.533. The zero-order valence-corrected chi connectivity index (χ0v) is 13.6. The number of carbonyl (C=O) groups excluding carboxylic acids is 3. The minimum absolute atomic E-state index is 0.0655. The highest BCUT2D eigenvalue weighted by molar-refractivity contribution is 7.14. The normalized spacial score (nSPS) is 24.0. The van der Waals surface area contributed by atoms with E-state index in [1.807, 2.05) is 0 Å². The summed E-state index contributed by atoms with van der Waals surface area (Å²) in [6.07, 6.45) is 1.34. The number of carbonyl (C=O) groups is 3. The van der Waals surface area contributed by atoms with E-state index in [2.05, 4.69) is 10.6 Å². The molecule has 1 aromatic rings. The van der Waals surface area contributed by atoms with E-state index in [-0.39, 0.29) is 17.7 Å². The number of hydrogen-bond donors (Lipinski definition) is 2. The maximum atomic E-state index is 12.6. The van der Waals surface area contributed by atoms with Crippen LogP contribution in [-0.4, -0.2) is 50.6 Å². The Morgan fingerprint density at radius 3 is 2.96 bits per heavy atom. The number of amides is 2. The first-order valence-corrected chi connectivity index (χ1v) is 8.48. The van der Waals surface area contributed by atoms with Gasteiger partial charge < -0.3 is 20.3 Å². The number of hydrogen-bond acceptors (Lipinski definition) is 6. The second kappa shape index (κ2) is 6.67. The second-order valence-electron chi connectivity index (χ2n) is 5.66. The van der Waals surface area contributed by atoms with Crippen LogP contribution in [0.2, 0.25) is 0 Å². The molecule has 2 amide bonds. The van der Waals surface area contributed by atoms with Crippen molar-refractivity contribution < 1.29 is 19.1 Å². The number of methoxy groups -OCH3 is 1. The molecule has 1 aromatic heterocycles. The quantitative estimate of drug-likeness (QED) is 0.775. The molecule has 2 unspecified atom stereocenters. The third-order valence-corrected chi connectivity index (χ3v) is 5.18. The molecule has 124 valence electrons. The van der Waals surface area contributed by atoms with Gasteiger partial charge in [-0.15, -0.1) is 11.3 Å². The minimum Gasteiger partial charge on any atom is -0.465 e. The third kappa shape index (κ3) is 3.09. The van der Waals surface area contributed by atoms with Crippen molar-refractivity contribution in [1.29, 1.82) is 0 Å². The van der Waals surface area contributed by atoms with Gasteiger partial charge in [-0.05, 0) is 30.8 Å². The Labute approximate surface area is 138 Å². The highest BCUT2D eigenvalue weighted by Crippen LogP contribution is 2.31. The van der Waals surface area contributed by atoms with E-state index in [1.165, 1.54) is 18.4 Å². The van der Waals surface area contributed by atoms with Gasteiger partial charge in [-0.3, -0.25) is 9.59 Å². The first-order chi connectivity index (χ1) is 11.1. The first kappa shape index (κ1) is 15.9. The topological polar surface area (TPSA) is 87.7 Å². The number of nitrogens with zero attached hydrogens (tertiary/aromatic N) is 1. The average Bonchev–Trinajstić information content (AvgIpc) is 3.27. The van der Waals surface area contributed by atoms with Gasteiger partial charge in [0.1, 0.15) is 11.0 Å². The Morgan fingerprint density at radius 1 is 1.43 bits per heavy atom. The summed E-state index contributed by atoms with van der Waals surface area (Å²) in [7, 11) is 1.31. The fourth-order valence-corrected chi connectivity index (χ4v) is 3.88. The Balaban J connectivity index is 1.68. The summed E-state index contributed by atoms with van der Waals surface area (Å²) in [5.41, 5.74) is 0.387. The summed E-state index contributed by atoms with van der Waals surface area (Å²) in [5, 5.41) is 8.32. The lowest BCUT2D eigenvalue weighted by Crippen LogP contribution is -2.44. The Kier molecular flexibility index (Phi) is 4.63. The molecule has 2 atom stereocenters. The van der Waals surface area contributed by atoms with Crippen LogP contribution in [0.5, 0.6) is 0 Å². The molecule has 0 radical (unpaired) electrons. The van der Waals surface area contributed by atoms with Gasteiger partial charge in [0.15, 0.2) is 0 Å². The zero-order valence-electron chi connectivity index (χ0n) is 12.8. The van der Waals surface area contributed by atoms with E-state index in [1.54, 1.807) is 16.3 Å². The summed E-state index contributed by atoms with van der Waals surface area (Å²) < 4.78 is 4.74. The van der Waals surface area contributed by atoms with Crippen molar-refractivity contribution in [3.05, 3.63) is 17.0 Å². The maximum Gasteiger partial charge on any atom is 0.340 e. The molecular weight excluding hydrogens is 318 g/mol. The number of rotatable bonds is 4. The van der Waals surface area contributed by atoms with E-state index in [0.717, 1.165) is 13.0 Å². The molecule has 2 aliphatic heterocycles. The van der Waals surface area contributed by atoms with Gasteiger partial charge in [0.05, 0.1) is 18.6 Å². The fourth-order valence-electron chi connectivity index (χ4n) is 2.96. The molecule has 3 rings (SSSR count). The van der Waals surface area contributed by atoms with E-state index >= 15 is 0 Å². The van der Waals surface area contributed by atoms with Crippen molar-refractivity contribution in [2.24, 2.45) is 5.92 Å². The first-order valence-electron chi connectivity index (χ1n) is 7.60. The SMILES string of the molecule is COC(=O)c1ccsc1N1CCC(NC(=O)C2CCNC2)C1=O. The Bertz CT molecular complexity index is 624. The van der Waals surface area contributed by atoms with Gasteiger partial charge in [0.2, 0.25) is 11.8 Å². The molecule has 2 aliphatic rings. The second-order valence-corrected chi connectivity index (χ2v) is 6.56. The summed E-state index contributed by atoms with van der Waals surface area (Å²) in [6.45, 7) is 1.98. The molecule has 7 nitrogen and oxygen atoms in total. The van der Waals surface area contributed by atoms with Crippen LogP contribution in [0, 0.1) is 5.92 Å². The Hall–Kier alpha value is -1.93. The Morgan fingerprint density at radius 2 is 2.26 bits per heavy atom. The largest absolute Gasteiger partial charge is 0.465 e. The molecule has 2 saturated heterocycles. The molecule has 2 fully saturated rings. The lowest BCUT2D eigenvalue weighted by Gasteiger charge is -2.18. The number of anilines is 1. The van der Waals surface area contributed by atoms with Crippen molar-refractivity contribution in [3.8, 4) is 0 Å². The number of thiophene rings is 1. The highest BCUT2D eigenvalue weighted by atomic mass is 32.1. The summed E-state index contributed by atoms with van der Waals surface area (Å²) >= 11 is 1.32. The van der Waals surface area contributed by atoms with Crippen molar-refractivity contribution in [2.45, 2.75) is 18.9 Å². The maximum absolute atomic E-state index is 12.6. The van der Waals surface area contributed by atoms with Gasteiger partial charge in [-0.1, -0.05) is 0 Å². The number of esters is 1. The number of ether oxygens (including phenoxy) is 1. The molecule has 2 N–H and O–H groups in total. The zero-order chi connectivity index (χ0) is 16.4. The summed E-state index contributed by atoms with van der Waals surface area (Å²) in [6, 6.07) is 1.13. The monoisotopic (exact) mass is 337 g/mol. The van der Waals surface area contributed by atoms with E-state index in [0.29, 0.717) is 30.1 Å². The van der Waals surface area contributed by atoms with Crippen molar-refractivity contribution in [3.63, 3.8) is 0 Å². The van der Waals surface area contributed by atoms with Crippen molar-refractivity contribution in [2.75, 3.05) is 31.6 Å². The van der Waals surface area contributed by atoms with Crippen molar-refractivity contribution in [1.82, 2.24) is 10.6 Å². The van der Waals surface area contributed by atoms with Crippen LogP contribution < -0.4 is 15.5 Å². The highest BCUT2D eigenvalue weighted by Gasteiger charge is 2.37. The molecule has 0 saturated carbocycles. The predicted molar refractivity (Wildman–Crippen MR) is 85.5 cm³/mol. The van der Waals surface area contributed by atoms with E-state index in [4.69, 9.17) is 4.74 Å². The van der Waals surface area contributed by atoms with Gasteiger partial charge in [-0.2, -0.15) is 0 Å². The van der Waals surface area contributed by atoms with Gasteiger partial charge in [0.25, 0.3) is 0 Å². The van der Waals surface area contributed by atoms with Gasteiger partial charge in [0, 0.05) is 13.1 Å². The van der Waals surface area contributed by atoms with Crippen LogP contribution in [0.3, 0.4) is 0 Å². The molecule has 0 aliphatic carbocycles. The van der Waals surface area contributed by atoms with Crippen LogP contribution in [0.15, 0.2) is 11.4 Å². The standard InChI is InChI=1S/C15H19N3O4S/c1-22-15(21)10-4-7-23-14(10)18-6-3-11(13(18)20)17-12(19)9-2-5-16-8-9/h4,7,9,11,16H,2-3,5-6,8H2,1H3,(H,17,19). The molecule has 8 heteroatoms. The lowest BCUT2D eigenvalue weighted by molar-refractivity contribution is -0.128. The van der Waals surface area contributed by atoms with Crippen LogP contribution in [0.1, 0.15) is 23.2 Å². The van der Waals surface area contributed by atoms with E-state index in [9.17, 15) is 14.4 Å². The minimum atomic E-state index is -0.518. The summed E-state index contributed by atoms with van der Waals surface area (Å²) in [5.74, 6) is -0.769. The lowest BCUT2D eigenvalue weighted by atomic mass is 10.1. The van der Waals surface area contributed by atoms with Crippen molar-refractivity contribution >= 4 is 34.1 Å². The van der Waals surface area contributed by atoms with Crippen LogP contribution in [0.25, 0.3) is 0 Å². The third-order valence-electron chi connectivity index (χ3n) is 4.25. The van der Waals surface area contributed by atoms with Crippen LogP contribution in [-0.2, 0) is 14.3 Å². The summed E-state index contributed by atoms with van der Waals surface area (Å²) in [4.78, 5) is 38.1.